The lowest BCUT2D eigenvalue weighted by Crippen LogP contribution is -2.25. The molecule has 1 fully saturated rings. The van der Waals surface area contributed by atoms with Gasteiger partial charge in [0.15, 0.2) is 17.0 Å². The normalized spacial score (nSPS) is 13.9. The van der Waals surface area contributed by atoms with E-state index in [1.54, 1.807) is 19.2 Å². The van der Waals surface area contributed by atoms with Gasteiger partial charge in [0, 0.05) is 30.9 Å². The first-order chi connectivity index (χ1) is 16.2. The SMILES string of the molecule is Cn1cc(NC(=O)c2cc3nc(C4CC4)cc(C(F)(F)F)n3n2)c(C(=O)NCc2ccco2)n1. The molecule has 0 saturated heterocycles. The number of aromatic nitrogens is 5. The van der Waals surface area contributed by atoms with Gasteiger partial charge in [-0.1, -0.05) is 0 Å². The summed E-state index contributed by atoms with van der Waals surface area (Å²) in [5.74, 6) is -0.869. The quantitative estimate of drug-likeness (QED) is 0.444. The summed E-state index contributed by atoms with van der Waals surface area (Å²) in [6.45, 7) is 0.109. The highest BCUT2D eigenvalue weighted by atomic mass is 19.4. The number of halogens is 3. The molecular formula is C21H18F3N7O3. The van der Waals surface area contributed by atoms with E-state index in [1.807, 2.05) is 0 Å². The van der Waals surface area contributed by atoms with Crippen molar-refractivity contribution in [2.45, 2.75) is 31.5 Å². The van der Waals surface area contributed by atoms with Crippen LogP contribution in [-0.4, -0.2) is 36.2 Å². The summed E-state index contributed by atoms with van der Waals surface area (Å²) in [6, 6.07) is 5.52. The van der Waals surface area contributed by atoms with Gasteiger partial charge in [0.1, 0.15) is 11.5 Å². The lowest BCUT2D eigenvalue weighted by atomic mass is 10.2. The summed E-state index contributed by atoms with van der Waals surface area (Å²) in [7, 11) is 1.56. The van der Waals surface area contributed by atoms with Gasteiger partial charge >= 0.3 is 6.18 Å². The fraction of sp³-hybridized carbons (Fsp3) is 0.286. The summed E-state index contributed by atoms with van der Waals surface area (Å²) in [4.78, 5) is 29.6. The Kier molecular flexibility index (Phi) is 5.10. The third-order valence-electron chi connectivity index (χ3n) is 5.26. The molecule has 1 aliphatic carbocycles. The molecule has 0 aliphatic heterocycles. The number of carbonyl (C=O) groups is 2. The standard InChI is InChI=1S/C21H18F3N7O3/c1-30-10-15(18(29-30)20(33)25-9-12-3-2-6-34-12)27-19(32)14-8-17-26-13(11-4-5-11)7-16(21(22,23)24)31(17)28-14/h2-3,6-8,10-11H,4-5,9H2,1H3,(H,25,33)(H,27,32). The summed E-state index contributed by atoms with van der Waals surface area (Å²) in [6.07, 6.45) is -0.260. The number of hydrogen-bond acceptors (Lipinski definition) is 6. The van der Waals surface area contributed by atoms with Crippen molar-refractivity contribution < 1.29 is 27.2 Å². The zero-order chi connectivity index (χ0) is 24.0. The molecule has 0 atom stereocenters. The highest BCUT2D eigenvalue weighted by Crippen LogP contribution is 2.41. The summed E-state index contributed by atoms with van der Waals surface area (Å²) in [5, 5.41) is 13.0. The van der Waals surface area contributed by atoms with E-state index in [0.29, 0.717) is 16.0 Å². The first-order valence-corrected chi connectivity index (χ1v) is 10.3. The number of aryl methyl sites for hydroxylation is 1. The van der Waals surface area contributed by atoms with E-state index in [-0.39, 0.29) is 35.2 Å². The first-order valence-electron chi connectivity index (χ1n) is 10.3. The highest BCUT2D eigenvalue weighted by Gasteiger charge is 2.37. The Morgan fingerprint density at radius 3 is 2.68 bits per heavy atom. The molecule has 34 heavy (non-hydrogen) atoms. The molecule has 4 heterocycles. The van der Waals surface area contributed by atoms with Gasteiger partial charge in [-0.3, -0.25) is 14.3 Å². The maximum atomic E-state index is 13.6. The van der Waals surface area contributed by atoms with Gasteiger partial charge < -0.3 is 15.1 Å². The van der Waals surface area contributed by atoms with Crippen LogP contribution in [0.1, 0.15) is 56.9 Å². The van der Waals surface area contributed by atoms with Gasteiger partial charge in [-0.15, -0.1) is 0 Å². The van der Waals surface area contributed by atoms with Crippen LogP contribution < -0.4 is 10.6 Å². The summed E-state index contributed by atoms with van der Waals surface area (Å²) >= 11 is 0. The molecule has 5 rings (SSSR count). The lowest BCUT2D eigenvalue weighted by molar-refractivity contribution is -0.142. The van der Waals surface area contributed by atoms with Gasteiger partial charge in [0.05, 0.1) is 18.5 Å². The van der Waals surface area contributed by atoms with E-state index in [0.717, 1.165) is 18.9 Å². The van der Waals surface area contributed by atoms with Crippen LogP contribution in [0.15, 0.2) is 41.1 Å². The molecular weight excluding hydrogens is 455 g/mol. The number of fused-ring (bicyclic) bond motifs is 1. The molecule has 1 aliphatic rings. The third kappa shape index (κ3) is 4.23. The average molecular weight is 473 g/mol. The molecule has 2 N–H and O–H groups in total. The van der Waals surface area contributed by atoms with Gasteiger partial charge in [0.2, 0.25) is 0 Å². The minimum Gasteiger partial charge on any atom is -0.467 e. The van der Waals surface area contributed by atoms with Gasteiger partial charge in [0.25, 0.3) is 11.8 Å². The number of nitrogens with one attached hydrogen (secondary N) is 2. The van der Waals surface area contributed by atoms with Gasteiger partial charge in [-0.05, 0) is 31.0 Å². The Labute approximate surface area is 189 Å². The third-order valence-corrected chi connectivity index (χ3v) is 5.26. The average Bonchev–Trinajstić information content (AvgIpc) is 3.17. The number of nitrogens with zero attached hydrogens (tertiary/aromatic N) is 5. The summed E-state index contributed by atoms with van der Waals surface area (Å²) < 4.78 is 47.9. The van der Waals surface area contributed by atoms with Crippen LogP contribution in [0, 0.1) is 0 Å². The Bertz CT molecular complexity index is 1380. The second-order valence-electron chi connectivity index (χ2n) is 7.92. The number of anilines is 1. The van der Waals surface area contributed by atoms with Crippen molar-refractivity contribution in [1.82, 2.24) is 29.7 Å². The van der Waals surface area contributed by atoms with E-state index in [9.17, 15) is 22.8 Å². The first kappa shape index (κ1) is 21.7. The Morgan fingerprint density at radius 2 is 2.00 bits per heavy atom. The Balaban J connectivity index is 1.40. The topological polar surface area (TPSA) is 119 Å². The summed E-state index contributed by atoms with van der Waals surface area (Å²) in [5.41, 5.74) is -1.03. The Hall–Kier alpha value is -4.16. The van der Waals surface area contributed by atoms with E-state index in [1.165, 1.54) is 23.2 Å². The zero-order valence-corrected chi connectivity index (χ0v) is 17.8. The van der Waals surface area contributed by atoms with Gasteiger partial charge in [-0.25, -0.2) is 9.50 Å². The molecule has 2 amide bonds. The van der Waals surface area contributed by atoms with E-state index < -0.39 is 23.7 Å². The minimum atomic E-state index is -4.67. The van der Waals surface area contributed by atoms with Crippen LogP contribution in [0.5, 0.6) is 0 Å². The predicted octanol–water partition coefficient (Wildman–Crippen LogP) is 3.13. The molecule has 10 nitrogen and oxygen atoms in total. The van der Waals surface area contributed by atoms with Crippen molar-refractivity contribution in [3.63, 3.8) is 0 Å². The van der Waals surface area contributed by atoms with Crippen LogP contribution in [0.25, 0.3) is 5.65 Å². The maximum absolute atomic E-state index is 13.6. The molecule has 1 saturated carbocycles. The van der Waals surface area contributed by atoms with Crippen LogP contribution in [-0.2, 0) is 19.8 Å². The second-order valence-corrected chi connectivity index (χ2v) is 7.92. The van der Waals surface area contributed by atoms with Crippen LogP contribution in [0.4, 0.5) is 18.9 Å². The van der Waals surface area contributed by atoms with E-state index in [4.69, 9.17) is 4.42 Å². The smallest absolute Gasteiger partial charge is 0.433 e. The van der Waals surface area contributed by atoms with E-state index in [2.05, 4.69) is 25.8 Å². The van der Waals surface area contributed by atoms with Crippen LogP contribution in [0.3, 0.4) is 0 Å². The second kappa shape index (κ2) is 8.01. The molecule has 0 unspecified atom stereocenters. The fourth-order valence-electron chi connectivity index (χ4n) is 3.49. The van der Waals surface area contributed by atoms with Crippen LogP contribution >= 0.6 is 0 Å². The molecule has 176 valence electrons. The number of rotatable bonds is 6. The lowest BCUT2D eigenvalue weighted by Gasteiger charge is -2.10. The van der Waals surface area contributed by atoms with Crippen molar-refractivity contribution in [3.8, 4) is 0 Å². The van der Waals surface area contributed by atoms with Crippen LogP contribution in [0.2, 0.25) is 0 Å². The number of furan rings is 1. The van der Waals surface area contributed by atoms with Crippen molar-refractivity contribution in [2.24, 2.45) is 7.05 Å². The van der Waals surface area contributed by atoms with Gasteiger partial charge in [-0.2, -0.15) is 23.4 Å². The predicted molar refractivity (Wildman–Crippen MR) is 111 cm³/mol. The number of amides is 2. The molecule has 0 spiro atoms. The number of carbonyl (C=O) groups excluding carboxylic acids is 2. The van der Waals surface area contributed by atoms with Crippen molar-refractivity contribution in [2.75, 3.05) is 5.32 Å². The molecule has 0 aromatic carbocycles. The van der Waals surface area contributed by atoms with Crippen molar-refractivity contribution >= 4 is 23.1 Å². The number of hydrogen-bond donors (Lipinski definition) is 2. The molecule has 4 aromatic rings. The maximum Gasteiger partial charge on any atom is 0.433 e. The number of alkyl halides is 3. The molecule has 4 aromatic heterocycles. The molecule has 13 heteroatoms. The van der Waals surface area contributed by atoms with Crippen molar-refractivity contribution in [3.05, 3.63) is 65.3 Å². The van der Waals surface area contributed by atoms with E-state index >= 15 is 0 Å². The monoisotopic (exact) mass is 473 g/mol. The fourth-order valence-corrected chi connectivity index (χ4v) is 3.49. The molecule has 0 bridgehead atoms. The molecule has 0 radical (unpaired) electrons. The highest BCUT2D eigenvalue weighted by molar-refractivity contribution is 6.07. The largest absolute Gasteiger partial charge is 0.467 e. The zero-order valence-electron chi connectivity index (χ0n) is 17.8. The van der Waals surface area contributed by atoms with Crippen molar-refractivity contribution in [1.29, 1.82) is 0 Å². The minimum absolute atomic E-state index is 0.0177. The Morgan fingerprint density at radius 1 is 1.21 bits per heavy atom.